The van der Waals surface area contributed by atoms with E-state index in [1.54, 1.807) is 6.08 Å². The fraction of sp³-hybridized carbons (Fsp3) is 0.143. The number of rotatable bonds is 4. The third kappa shape index (κ3) is 3.63. The maximum atomic E-state index is 12.6. The smallest absolute Gasteiger partial charge is 0.226 e. The van der Waals surface area contributed by atoms with E-state index >= 15 is 0 Å². The lowest BCUT2D eigenvalue weighted by Crippen LogP contribution is -2.20. The molecule has 1 aliphatic heterocycles. The lowest BCUT2D eigenvalue weighted by Gasteiger charge is -2.20. The molecule has 132 valence electrons. The fourth-order valence-corrected chi connectivity index (χ4v) is 4.38. The zero-order valence-electron chi connectivity index (χ0n) is 14.5. The highest BCUT2D eigenvalue weighted by atomic mass is 35.5. The van der Waals surface area contributed by atoms with Crippen LogP contribution in [-0.2, 0) is 4.79 Å². The molecule has 0 unspecified atom stereocenters. The Morgan fingerprint density at radius 1 is 1.27 bits per heavy atom. The van der Waals surface area contributed by atoms with Crippen molar-refractivity contribution in [3.05, 3.63) is 81.9 Å². The number of carbonyl (C=O) groups excluding carboxylic acids is 1. The number of hydrogen-bond donors (Lipinski definition) is 0. The van der Waals surface area contributed by atoms with Crippen molar-refractivity contribution in [1.82, 2.24) is 0 Å². The van der Waals surface area contributed by atoms with Crippen LogP contribution in [0.25, 0.3) is 0 Å². The van der Waals surface area contributed by atoms with Crippen LogP contribution >= 0.6 is 35.6 Å². The van der Waals surface area contributed by atoms with Gasteiger partial charge in [-0.1, -0.05) is 54.7 Å². The molecule has 0 saturated carbocycles. The second kappa shape index (κ2) is 7.78. The Labute approximate surface area is 167 Å². The standard InChI is InChI=1S/C21H17ClO2S2/c1-4-14(11-24-15-9-12(2)19(22)13(3)10-15)18-20(25)16-7-5-6-8-17(16)26-21(18)23/h4-10H,1,11H2,2-3H3/b18-14-. The molecule has 26 heavy (non-hydrogen) atoms. The summed E-state index contributed by atoms with van der Waals surface area (Å²) in [5.41, 5.74) is 3.99. The molecule has 2 aromatic carbocycles. The van der Waals surface area contributed by atoms with Crippen molar-refractivity contribution in [3.63, 3.8) is 0 Å². The van der Waals surface area contributed by atoms with Gasteiger partial charge in [-0.3, -0.25) is 4.79 Å². The third-order valence-corrected chi connectivity index (χ3v) is 6.12. The van der Waals surface area contributed by atoms with Crippen LogP contribution in [0.1, 0.15) is 16.7 Å². The van der Waals surface area contributed by atoms with Crippen LogP contribution < -0.4 is 4.74 Å². The molecule has 0 aromatic heterocycles. The van der Waals surface area contributed by atoms with Gasteiger partial charge in [0, 0.05) is 21.1 Å². The molecule has 0 spiro atoms. The molecular weight excluding hydrogens is 384 g/mol. The number of benzene rings is 2. The summed E-state index contributed by atoms with van der Waals surface area (Å²) in [6, 6.07) is 11.4. The number of thiocarbonyl (C=S) groups is 1. The molecule has 0 bridgehead atoms. The number of hydrogen-bond acceptors (Lipinski definition) is 4. The molecule has 5 heteroatoms. The summed E-state index contributed by atoms with van der Waals surface area (Å²) in [4.78, 5) is 14.1. The van der Waals surface area contributed by atoms with Crippen LogP contribution in [0.5, 0.6) is 5.75 Å². The maximum absolute atomic E-state index is 12.6. The molecule has 2 aromatic rings. The Kier molecular flexibility index (Phi) is 5.66. The summed E-state index contributed by atoms with van der Waals surface area (Å²) in [5.74, 6) is 0.701. The van der Waals surface area contributed by atoms with Gasteiger partial charge in [-0.25, -0.2) is 0 Å². The predicted octanol–water partition coefficient (Wildman–Crippen LogP) is 5.87. The van der Waals surface area contributed by atoms with Crippen LogP contribution in [0.4, 0.5) is 0 Å². The normalized spacial score (nSPS) is 15.5. The van der Waals surface area contributed by atoms with E-state index in [9.17, 15) is 4.79 Å². The Bertz CT molecular complexity index is 937. The molecule has 0 atom stereocenters. The van der Waals surface area contributed by atoms with Crippen molar-refractivity contribution in [2.45, 2.75) is 18.7 Å². The first-order valence-electron chi connectivity index (χ1n) is 8.03. The molecule has 0 aliphatic carbocycles. The topological polar surface area (TPSA) is 26.3 Å². The molecule has 0 N–H and O–H groups in total. The van der Waals surface area contributed by atoms with Crippen molar-refractivity contribution in [2.24, 2.45) is 0 Å². The SMILES string of the molecule is C=C/C(COc1cc(C)c(Cl)c(C)c1)=C1/C(=O)Sc2ccccc2C1=S. The van der Waals surface area contributed by atoms with Crippen LogP contribution in [0, 0.1) is 13.8 Å². The van der Waals surface area contributed by atoms with E-state index in [1.807, 2.05) is 50.2 Å². The van der Waals surface area contributed by atoms with E-state index < -0.39 is 0 Å². The number of carbonyl (C=O) groups is 1. The minimum absolute atomic E-state index is 0.0735. The zero-order chi connectivity index (χ0) is 18.8. The molecule has 1 aliphatic rings. The number of fused-ring (bicyclic) bond motifs is 1. The molecule has 0 fully saturated rings. The summed E-state index contributed by atoms with van der Waals surface area (Å²) < 4.78 is 5.90. The van der Waals surface area contributed by atoms with E-state index in [1.165, 1.54) is 11.8 Å². The Morgan fingerprint density at radius 3 is 2.58 bits per heavy atom. The van der Waals surface area contributed by atoms with E-state index in [2.05, 4.69) is 6.58 Å². The minimum atomic E-state index is -0.0735. The Hall–Kier alpha value is -1.88. The minimum Gasteiger partial charge on any atom is -0.489 e. The van der Waals surface area contributed by atoms with Crippen LogP contribution in [0.15, 0.2) is 65.1 Å². The van der Waals surface area contributed by atoms with E-state index in [-0.39, 0.29) is 11.7 Å². The van der Waals surface area contributed by atoms with Crippen molar-refractivity contribution < 1.29 is 9.53 Å². The van der Waals surface area contributed by atoms with E-state index in [4.69, 9.17) is 28.6 Å². The van der Waals surface area contributed by atoms with Crippen LogP contribution in [0.3, 0.4) is 0 Å². The number of thioether (sulfide) groups is 1. The fourth-order valence-electron chi connectivity index (χ4n) is 2.78. The summed E-state index contributed by atoms with van der Waals surface area (Å²) in [6.07, 6.45) is 1.64. The third-order valence-electron chi connectivity index (χ3n) is 4.14. The molecule has 3 rings (SSSR count). The Balaban J connectivity index is 1.92. The van der Waals surface area contributed by atoms with Gasteiger partial charge in [-0.05, 0) is 54.9 Å². The molecule has 0 amide bonds. The van der Waals surface area contributed by atoms with Gasteiger partial charge < -0.3 is 4.74 Å². The molecule has 2 nitrogen and oxygen atoms in total. The summed E-state index contributed by atoms with van der Waals surface area (Å²) in [5, 5.41) is 0.659. The lowest BCUT2D eigenvalue weighted by atomic mass is 10.00. The highest BCUT2D eigenvalue weighted by molar-refractivity contribution is 8.14. The summed E-state index contributed by atoms with van der Waals surface area (Å²) in [6.45, 7) is 7.92. The van der Waals surface area contributed by atoms with Gasteiger partial charge in [0.25, 0.3) is 0 Å². The van der Waals surface area contributed by atoms with Gasteiger partial charge in [0.2, 0.25) is 5.12 Å². The summed E-state index contributed by atoms with van der Waals surface area (Å²) in [7, 11) is 0. The van der Waals surface area contributed by atoms with Crippen LogP contribution in [0.2, 0.25) is 5.02 Å². The molecule has 0 saturated heterocycles. The van der Waals surface area contributed by atoms with Crippen molar-refractivity contribution in [3.8, 4) is 5.75 Å². The molecule has 1 heterocycles. The van der Waals surface area contributed by atoms with Crippen molar-refractivity contribution >= 4 is 45.6 Å². The number of aryl methyl sites for hydroxylation is 2. The lowest BCUT2D eigenvalue weighted by molar-refractivity contribution is -0.107. The first-order valence-corrected chi connectivity index (χ1v) is 9.63. The van der Waals surface area contributed by atoms with Gasteiger partial charge in [-0.2, -0.15) is 0 Å². The van der Waals surface area contributed by atoms with E-state index in [0.29, 0.717) is 21.8 Å². The quantitative estimate of drug-likeness (QED) is 0.473. The second-order valence-electron chi connectivity index (χ2n) is 5.98. The van der Waals surface area contributed by atoms with E-state index in [0.717, 1.165) is 26.6 Å². The van der Waals surface area contributed by atoms with Gasteiger partial charge >= 0.3 is 0 Å². The van der Waals surface area contributed by atoms with Crippen molar-refractivity contribution in [2.75, 3.05) is 6.61 Å². The van der Waals surface area contributed by atoms with Gasteiger partial charge in [0.1, 0.15) is 12.4 Å². The van der Waals surface area contributed by atoms with Gasteiger partial charge in [-0.15, -0.1) is 0 Å². The average Bonchev–Trinajstić information content (AvgIpc) is 2.62. The summed E-state index contributed by atoms with van der Waals surface area (Å²) >= 11 is 13.0. The average molecular weight is 401 g/mol. The zero-order valence-corrected chi connectivity index (χ0v) is 16.9. The highest BCUT2D eigenvalue weighted by Gasteiger charge is 2.28. The maximum Gasteiger partial charge on any atom is 0.226 e. The first kappa shape index (κ1) is 18.9. The molecule has 0 radical (unpaired) electrons. The highest BCUT2D eigenvalue weighted by Crippen LogP contribution is 2.36. The predicted molar refractivity (Wildman–Crippen MR) is 113 cm³/mol. The van der Waals surface area contributed by atoms with Gasteiger partial charge in [0.05, 0.1) is 10.4 Å². The number of ether oxygens (including phenoxy) is 1. The van der Waals surface area contributed by atoms with Crippen LogP contribution in [-0.4, -0.2) is 16.6 Å². The van der Waals surface area contributed by atoms with Crippen molar-refractivity contribution in [1.29, 1.82) is 0 Å². The Morgan fingerprint density at radius 2 is 1.92 bits per heavy atom. The first-order chi connectivity index (χ1) is 12.4. The number of halogens is 1. The largest absolute Gasteiger partial charge is 0.489 e. The van der Waals surface area contributed by atoms with Gasteiger partial charge in [0.15, 0.2) is 0 Å². The molecular formula is C21H17ClO2S2. The second-order valence-corrected chi connectivity index (χ2v) is 7.78. The monoisotopic (exact) mass is 400 g/mol.